The first kappa shape index (κ1) is 31.0. The molecule has 0 radical (unpaired) electrons. The van der Waals surface area contributed by atoms with Gasteiger partial charge in [0.2, 0.25) is 0 Å². The van der Waals surface area contributed by atoms with E-state index < -0.39 is 0 Å². The van der Waals surface area contributed by atoms with Crippen molar-refractivity contribution in [1.82, 2.24) is 0 Å². The molecule has 0 fully saturated rings. The van der Waals surface area contributed by atoms with Crippen LogP contribution < -0.4 is 0 Å². The van der Waals surface area contributed by atoms with E-state index in [2.05, 4.69) is 6.92 Å². The Bertz CT molecular complexity index is 248. The minimum absolute atomic E-state index is 1.38. The maximum absolute atomic E-state index is 2.31. The van der Waals surface area contributed by atoms with Crippen molar-refractivity contribution in [3.05, 3.63) is 0 Å². The molecule has 0 aliphatic rings. The molecule has 0 spiro atoms. The summed E-state index contributed by atoms with van der Waals surface area (Å²) in [6, 6.07) is 0. The van der Waals surface area contributed by atoms with Crippen LogP contribution in [0, 0.1) is 0 Å². The Labute approximate surface area is 210 Å². The zero-order chi connectivity index (χ0) is 21.8. The summed E-state index contributed by atoms with van der Waals surface area (Å²) in [5.74, 6) is 0. The molecule has 0 amide bonds. The van der Waals surface area contributed by atoms with E-state index in [-0.39, 0.29) is 0 Å². The average Bonchev–Trinajstić information content (AvgIpc) is 2.76. The Balaban J connectivity index is 2.97. The summed E-state index contributed by atoms with van der Waals surface area (Å²) in [5, 5.41) is 0. The van der Waals surface area contributed by atoms with Gasteiger partial charge in [-0.15, -0.1) is 0 Å². The van der Waals surface area contributed by atoms with Gasteiger partial charge in [0, 0.05) is 0 Å². The van der Waals surface area contributed by atoms with Gasteiger partial charge in [0.05, 0.1) is 0 Å². The molecule has 0 aromatic carbocycles. The molecule has 0 aliphatic carbocycles. The van der Waals surface area contributed by atoms with E-state index in [0.717, 1.165) is 0 Å². The number of hydrogen-bond donors (Lipinski definition) is 0. The molecule has 0 unspecified atom stereocenters. The second-order valence-electron chi connectivity index (χ2n) is 10.2. The van der Waals surface area contributed by atoms with Gasteiger partial charge >= 0.3 is 102 Å². The Morgan fingerprint density at radius 1 is 0.267 bits per heavy atom. The van der Waals surface area contributed by atoms with Crippen LogP contribution in [-0.4, -0.2) is 27.9 Å². The molecule has 30 heavy (non-hydrogen) atoms. The summed E-state index contributed by atoms with van der Waals surface area (Å²) < 4.78 is 1.51. The molecule has 0 aromatic heterocycles. The quantitative estimate of drug-likeness (QED) is 0.0897. The fraction of sp³-hybridized carbons (Fsp3) is 1.00. The van der Waals surface area contributed by atoms with Crippen molar-refractivity contribution in [2.75, 3.05) is 0 Å². The SMILES string of the molecule is CCCCCCCCCCCCCCCCCCCCCCCCCCCC[CH2][Na]. The van der Waals surface area contributed by atoms with Gasteiger partial charge in [-0.05, 0) is 0 Å². The van der Waals surface area contributed by atoms with Crippen molar-refractivity contribution < 1.29 is 0 Å². The van der Waals surface area contributed by atoms with Crippen molar-refractivity contribution >= 4 is 27.9 Å². The molecule has 0 aliphatic heterocycles. The predicted octanol–water partition coefficient (Wildman–Crippen LogP) is 11.1. The minimum atomic E-state index is 1.38. The molecular formula is C29H59Na. The van der Waals surface area contributed by atoms with Crippen molar-refractivity contribution in [1.29, 1.82) is 0 Å². The standard InChI is InChI=1S/C29H59.Na/c1-3-5-7-9-11-13-15-17-19-21-23-25-27-29-28-26-24-22-20-18-16-14-12-10-8-6-4-2;/h1,3-29H2,2H3;. The monoisotopic (exact) mass is 430 g/mol. The first-order valence-corrected chi connectivity index (χ1v) is 16.3. The molecule has 1 heteroatoms. The van der Waals surface area contributed by atoms with E-state index in [0.29, 0.717) is 0 Å². The van der Waals surface area contributed by atoms with Crippen molar-refractivity contribution in [3.63, 3.8) is 0 Å². The Morgan fingerprint density at radius 2 is 0.433 bits per heavy atom. The van der Waals surface area contributed by atoms with Gasteiger partial charge in [-0.3, -0.25) is 0 Å². The van der Waals surface area contributed by atoms with E-state index >= 15 is 0 Å². The van der Waals surface area contributed by atoms with Gasteiger partial charge in [-0.2, -0.15) is 0 Å². The first-order valence-electron chi connectivity index (χ1n) is 14.9. The summed E-state index contributed by atoms with van der Waals surface area (Å²) in [6.45, 7) is 2.31. The van der Waals surface area contributed by atoms with Crippen molar-refractivity contribution in [3.8, 4) is 0 Å². The summed E-state index contributed by atoms with van der Waals surface area (Å²) in [7, 11) is 0. The molecule has 0 bridgehead atoms. The number of rotatable bonds is 27. The second-order valence-corrected chi connectivity index (χ2v) is 11.2. The maximum atomic E-state index is 2.31. The van der Waals surface area contributed by atoms with Crippen LogP contribution in [0.25, 0.3) is 0 Å². The van der Waals surface area contributed by atoms with Crippen LogP contribution in [0.4, 0.5) is 0 Å². The Hall–Kier alpha value is 1.00. The van der Waals surface area contributed by atoms with E-state index in [1.54, 1.807) is 0 Å². The van der Waals surface area contributed by atoms with Crippen LogP contribution >= 0.6 is 0 Å². The van der Waals surface area contributed by atoms with Crippen LogP contribution in [0.3, 0.4) is 0 Å². The van der Waals surface area contributed by atoms with Gasteiger partial charge in [0.25, 0.3) is 0 Å². The van der Waals surface area contributed by atoms with Crippen LogP contribution in [0.2, 0.25) is 3.67 Å². The van der Waals surface area contributed by atoms with Gasteiger partial charge in [0.1, 0.15) is 0 Å². The molecule has 0 aromatic rings. The third-order valence-electron chi connectivity index (χ3n) is 6.96. The average molecular weight is 431 g/mol. The van der Waals surface area contributed by atoms with Crippen LogP contribution in [0.1, 0.15) is 180 Å². The summed E-state index contributed by atoms with van der Waals surface area (Å²) in [5.41, 5.74) is 0. The van der Waals surface area contributed by atoms with Crippen LogP contribution in [0.5, 0.6) is 0 Å². The third-order valence-corrected chi connectivity index (χ3v) is 7.66. The summed E-state index contributed by atoms with van der Waals surface area (Å²) in [6.07, 6.45) is 40.2. The van der Waals surface area contributed by atoms with Gasteiger partial charge < -0.3 is 0 Å². The number of unbranched alkanes of at least 4 members (excludes halogenated alkanes) is 26. The van der Waals surface area contributed by atoms with Crippen molar-refractivity contribution in [2.45, 2.75) is 184 Å². The predicted molar refractivity (Wildman–Crippen MR) is 141 cm³/mol. The topological polar surface area (TPSA) is 0 Å². The fourth-order valence-electron chi connectivity index (χ4n) is 4.74. The summed E-state index contributed by atoms with van der Waals surface area (Å²) in [4.78, 5) is 0. The third kappa shape index (κ3) is 29.0. The first-order chi connectivity index (χ1) is 14.9. The zero-order valence-electron chi connectivity index (χ0n) is 21.8. The van der Waals surface area contributed by atoms with Gasteiger partial charge in [0.15, 0.2) is 0 Å². The molecule has 176 valence electrons. The molecule has 0 nitrogen and oxygen atoms in total. The molecule has 0 saturated carbocycles. The molecular weight excluding hydrogens is 371 g/mol. The molecule has 0 saturated heterocycles. The fourth-order valence-corrected chi connectivity index (χ4v) is 5.24. The molecule has 0 rings (SSSR count). The molecule has 0 atom stereocenters. The van der Waals surface area contributed by atoms with E-state index in [9.17, 15) is 0 Å². The number of hydrogen-bond acceptors (Lipinski definition) is 0. The van der Waals surface area contributed by atoms with Gasteiger partial charge in [-0.1, -0.05) is 110 Å². The second kappa shape index (κ2) is 30.0. The normalized spacial score (nSPS) is 11.4. The van der Waals surface area contributed by atoms with E-state index in [1.165, 1.54) is 205 Å². The van der Waals surface area contributed by atoms with E-state index in [4.69, 9.17) is 0 Å². The summed E-state index contributed by atoms with van der Waals surface area (Å²) >= 11 is 1.41. The van der Waals surface area contributed by atoms with Gasteiger partial charge in [-0.25, -0.2) is 0 Å². The zero-order valence-corrected chi connectivity index (χ0v) is 23.8. The van der Waals surface area contributed by atoms with Crippen LogP contribution in [-0.2, 0) is 0 Å². The molecule has 0 heterocycles. The van der Waals surface area contributed by atoms with E-state index in [1.807, 2.05) is 0 Å². The Kier molecular flexibility index (Phi) is 31.0. The van der Waals surface area contributed by atoms with Crippen molar-refractivity contribution in [2.24, 2.45) is 0 Å². The molecule has 0 N–H and O–H groups in total. The Morgan fingerprint density at radius 3 is 0.600 bits per heavy atom. The van der Waals surface area contributed by atoms with Crippen LogP contribution in [0.15, 0.2) is 0 Å².